The third kappa shape index (κ3) is 6.39. The molecule has 5 nitrogen and oxygen atoms in total. The molecular formula is C20H24N2O3. The van der Waals surface area contributed by atoms with Gasteiger partial charge < -0.3 is 15.4 Å². The van der Waals surface area contributed by atoms with Crippen molar-refractivity contribution in [2.24, 2.45) is 0 Å². The van der Waals surface area contributed by atoms with Crippen LogP contribution in [0.3, 0.4) is 0 Å². The predicted molar refractivity (Wildman–Crippen MR) is 98.7 cm³/mol. The highest BCUT2D eigenvalue weighted by Crippen LogP contribution is 2.16. The Bertz CT molecular complexity index is 686. The molecule has 5 heteroatoms. The van der Waals surface area contributed by atoms with Crippen LogP contribution in [0.25, 0.3) is 0 Å². The molecule has 0 aliphatic rings. The van der Waals surface area contributed by atoms with E-state index in [2.05, 4.69) is 22.8 Å². The number of para-hydroxylation sites is 1. The number of carbonyl (C=O) groups is 2. The van der Waals surface area contributed by atoms with Gasteiger partial charge in [-0.2, -0.15) is 0 Å². The first-order valence-electron chi connectivity index (χ1n) is 8.40. The van der Waals surface area contributed by atoms with Crippen molar-refractivity contribution in [1.82, 2.24) is 5.32 Å². The van der Waals surface area contributed by atoms with Crippen molar-refractivity contribution < 1.29 is 14.3 Å². The van der Waals surface area contributed by atoms with Crippen molar-refractivity contribution >= 4 is 17.5 Å². The first kappa shape index (κ1) is 18.7. The predicted octanol–water partition coefficient (Wildman–Crippen LogP) is 3.02. The quantitative estimate of drug-likeness (QED) is 0.690. The number of anilines is 1. The van der Waals surface area contributed by atoms with Crippen LogP contribution in [-0.2, 0) is 16.0 Å². The molecule has 0 aromatic heterocycles. The van der Waals surface area contributed by atoms with E-state index in [0.717, 1.165) is 12.8 Å². The Hall–Kier alpha value is -2.66. The summed E-state index contributed by atoms with van der Waals surface area (Å²) in [5.74, 6) is -0.315. The second kappa shape index (κ2) is 10.3. The molecule has 0 bridgehead atoms. The Balaban J connectivity index is 1.86. The maximum Gasteiger partial charge on any atom is 0.253 e. The number of carbonyl (C=O) groups excluding carboxylic acids is 2. The molecule has 0 radical (unpaired) electrons. The van der Waals surface area contributed by atoms with Crippen LogP contribution >= 0.6 is 0 Å². The summed E-state index contributed by atoms with van der Waals surface area (Å²) in [5, 5.41) is 5.60. The van der Waals surface area contributed by atoms with Gasteiger partial charge in [0.1, 0.15) is 0 Å². The molecule has 25 heavy (non-hydrogen) atoms. The molecule has 2 N–H and O–H groups in total. The van der Waals surface area contributed by atoms with Gasteiger partial charge in [-0.05, 0) is 30.5 Å². The molecule has 0 heterocycles. The second-order valence-corrected chi connectivity index (χ2v) is 5.68. The SMILES string of the molecule is COCCNC(=O)c1ccccc1NC(=O)CCCc1ccccc1. The first-order chi connectivity index (χ1) is 12.2. The van der Waals surface area contributed by atoms with E-state index in [-0.39, 0.29) is 11.8 Å². The number of hydrogen-bond donors (Lipinski definition) is 2. The van der Waals surface area contributed by atoms with Gasteiger partial charge in [0.2, 0.25) is 5.91 Å². The van der Waals surface area contributed by atoms with E-state index < -0.39 is 0 Å². The number of benzene rings is 2. The molecule has 0 fully saturated rings. The lowest BCUT2D eigenvalue weighted by Gasteiger charge is -2.11. The third-order valence-electron chi connectivity index (χ3n) is 3.75. The standard InChI is InChI=1S/C20H24N2O3/c1-25-15-14-21-20(24)17-11-5-6-12-18(17)22-19(23)13-7-10-16-8-3-2-4-9-16/h2-6,8-9,11-12H,7,10,13-15H2,1H3,(H,21,24)(H,22,23). The van der Waals surface area contributed by atoms with Crippen LogP contribution in [0, 0.1) is 0 Å². The summed E-state index contributed by atoms with van der Waals surface area (Å²) in [6.07, 6.45) is 2.03. The molecule has 0 saturated carbocycles. The van der Waals surface area contributed by atoms with Gasteiger partial charge in [0.25, 0.3) is 5.91 Å². The molecule has 0 spiro atoms. The highest BCUT2D eigenvalue weighted by atomic mass is 16.5. The lowest BCUT2D eigenvalue weighted by molar-refractivity contribution is -0.116. The van der Waals surface area contributed by atoms with Crippen molar-refractivity contribution in [1.29, 1.82) is 0 Å². The second-order valence-electron chi connectivity index (χ2n) is 5.68. The minimum atomic E-state index is -0.225. The number of aryl methyl sites for hydroxylation is 1. The van der Waals surface area contributed by atoms with Crippen LogP contribution in [0.1, 0.15) is 28.8 Å². The van der Waals surface area contributed by atoms with Crippen LogP contribution < -0.4 is 10.6 Å². The zero-order valence-corrected chi connectivity index (χ0v) is 14.5. The number of methoxy groups -OCH3 is 1. The summed E-state index contributed by atoms with van der Waals surface area (Å²) in [5.41, 5.74) is 2.20. The van der Waals surface area contributed by atoms with Gasteiger partial charge in [-0.25, -0.2) is 0 Å². The monoisotopic (exact) mass is 340 g/mol. The van der Waals surface area contributed by atoms with E-state index in [9.17, 15) is 9.59 Å². The van der Waals surface area contributed by atoms with Crippen LogP contribution in [0.15, 0.2) is 54.6 Å². The van der Waals surface area contributed by atoms with Gasteiger partial charge in [-0.1, -0.05) is 42.5 Å². The highest BCUT2D eigenvalue weighted by molar-refractivity contribution is 6.03. The molecule has 0 unspecified atom stereocenters. The van der Waals surface area contributed by atoms with Gasteiger partial charge in [-0.15, -0.1) is 0 Å². The van der Waals surface area contributed by atoms with Crippen LogP contribution in [0.4, 0.5) is 5.69 Å². The van der Waals surface area contributed by atoms with Crippen molar-refractivity contribution in [3.63, 3.8) is 0 Å². The number of hydrogen-bond acceptors (Lipinski definition) is 3. The fourth-order valence-electron chi connectivity index (χ4n) is 2.46. The first-order valence-corrected chi connectivity index (χ1v) is 8.40. The molecule has 2 amide bonds. The summed E-state index contributed by atoms with van der Waals surface area (Å²) in [6.45, 7) is 0.869. The van der Waals surface area contributed by atoms with E-state index in [4.69, 9.17) is 4.74 Å². The Morgan fingerprint density at radius 2 is 1.72 bits per heavy atom. The van der Waals surface area contributed by atoms with E-state index >= 15 is 0 Å². The Kier molecular flexibility index (Phi) is 7.66. The van der Waals surface area contributed by atoms with E-state index in [1.807, 2.05) is 18.2 Å². The smallest absolute Gasteiger partial charge is 0.253 e. The molecule has 2 rings (SSSR count). The minimum Gasteiger partial charge on any atom is -0.383 e. The number of rotatable bonds is 9. The lowest BCUT2D eigenvalue weighted by Crippen LogP contribution is -2.28. The molecule has 2 aromatic rings. The molecule has 0 saturated heterocycles. The van der Waals surface area contributed by atoms with Crippen molar-refractivity contribution in [2.75, 3.05) is 25.6 Å². The number of amides is 2. The molecule has 2 aromatic carbocycles. The van der Waals surface area contributed by atoms with E-state index in [1.165, 1.54) is 5.56 Å². The van der Waals surface area contributed by atoms with Gasteiger partial charge in [0.05, 0.1) is 17.9 Å². The average molecular weight is 340 g/mol. The largest absolute Gasteiger partial charge is 0.383 e. The Morgan fingerprint density at radius 3 is 2.48 bits per heavy atom. The summed E-state index contributed by atoms with van der Waals surface area (Å²) in [4.78, 5) is 24.4. The molecule has 132 valence electrons. The molecule has 0 aliphatic carbocycles. The number of nitrogens with one attached hydrogen (secondary N) is 2. The summed E-state index contributed by atoms with van der Waals surface area (Å²) in [6, 6.07) is 17.1. The van der Waals surface area contributed by atoms with Gasteiger partial charge >= 0.3 is 0 Å². The molecule has 0 aliphatic heterocycles. The normalized spacial score (nSPS) is 10.3. The van der Waals surface area contributed by atoms with Gasteiger partial charge in [-0.3, -0.25) is 9.59 Å². The van der Waals surface area contributed by atoms with Crippen LogP contribution in [0.5, 0.6) is 0 Å². The van der Waals surface area contributed by atoms with E-state index in [1.54, 1.807) is 31.4 Å². The van der Waals surface area contributed by atoms with Crippen molar-refractivity contribution in [3.8, 4) is 0 Å². The zero-order chi connectivity index (χ0) is 17.9. The minimum absolute atomic E-state index is 0.0897. The van der Waals surface area contributed by atoms with Crippen molar-refractivity contribution in [2.45, 2.75) is 19.3 Å². The van der Waals surface area contributed by atoms with Gasteiger partial charge in [0, 0.05) is 20.1 Å². The van der Waals surface area contributed by atoms with Crippen molar-refractivity contribution in [3.05, 3.63) is 65.7 Å². The summed E-state index contributed by atoms with van der Waals surface area (Å²) < 4.78 is 4.92. The number of ether oxygens (including phenoxy) is 1. The summed E-state index contributed by atoms with van der Waals surface area (Å²) >= 11 is 0. The Morgan fingerprint density at radius 1 is 1.00 bits per heavy atom. The van der Waals surface area contributed by atoms with Crippen LogP contribution in [0.2, 0.25) is 0 Å². The fourth-order valence-corrected chi connectivity index (χ4v) is 2.46. The molecular weight excluding hydrogens is 316 g/mol. The summed E-state index contributed by atoms with van der Waals surface area (Å²) in [7, 11) is 1.58. The van der Waals surface area contributed by atoms with E-state index in [0.29, 0.717) is 30.8 Å². The maximum absolute atomic E-state index is 12.2. The maximum atomic E-state index is 12.2. The topological polar surface area (TPSA) is 67.4 Å². The third-order valence-corrected chi connectivity index (χ3v) is 3.75. The van der Waals surface area contributed by atoms with Crippen LogP contribution in [-0.4, -0.2) is 32.1 Å². The van der Waals surface area contributed by atoms with Gasteiger partial charge in [0.15, 0.2) is 0 Å². The average Bonchev–Trinajstić information content (AvgIpc) is 2.63. The fraction of sp³-hybridized carbons (Fsp3) is 0.300. The Labute approximate surface area is 148 Å². The molecule has 0 atom stereocenters. The highest BCUT2D eigenvalue weighted by Gasteiger charge is 2.12. The zero-order valence-electron chi connectivity index (χ0n) is 14.5. The lowest BCUT2D eigenvalue weighted by atomic mass is 10.1.